The van der Waals surface area contributed by atoms with Crippen LogP contribution in [0.1, 0.15) is 36.8 Å². The molecule has 1 aromatic carbocycles. The Morgan fingerprint density at radius 2 is 2.00 bits per heavy atom. The fourth-order valence-corrected chi connectivity index (χ4v) is 2.83. The van der Waals surface area contributed by atoms with E-state index in [1.165, 1.54) is 15.6 Å². The summed E-state index contributed by atoms with van der Waals surface area (Å²) in [5, 5.41) is 13.0. The summed E-state index contributed by atoms with van der Waals surface area (Å²) in [7, 11) is 0. The van der Waals surface area contributed by atoms with Crippen LogP contribution in [0, 0.1) is 12.8 Å². The van der Waals surface area contributed by atoms with Crippen molar-refractivity contribution < 1.29 is 5.11 Å². The Morgan fingerprint density at radius 3 is 2.67 bits per heavy atom. The van der Waals surface area contributed by atoms with Crippen molar-refractivity contribution in [2.45, 2.75) is 45.3 Å². The van der Waals surface area contributed by atoms with Crippen molar-refractivity contribution in [2.75, 3.05) is 6.54 Å². The smallest absolute Gasteiger partial charge is 0.0540 e. The molecule has 18 heavy (non-hydrogen) atoms. The molecular weight excluding hydrogens is 290 g/mol. The van der Waals surface area contributed by atoms with Gasteiger partial charge in [0.15, 0.2) is 0 Å². The lowest BCUT2D eigenvalue weighted by Gasteiger charge is -2.25. The third-order valence-electron chi connectivity index (χ3n) is 3.80. The Bertz CT molecular complexity index is 386. The summed E-state index contributed by atoms with van der Waals surface area (Å²) in [5.41, 5.74) is 2.63. The number of rotatable bonds is 4. The molecule has 1 saturated carbocycles. The Balaban J connectivity index is 1.73. The van der Waals surface area contributed by atoms with Crippen LogP contribution in [0.4, 0.5) is 0 Å². The summed E-state index contributed by atoms with van der Waals surface area (Å²) in [6, 6.07) is 6.50. The standard InChI is InChI=1S/C15H22BrNO/c1-11-8-13(4-7-15(11)16)10-17-9-12-2-5-14(18)6-3-12/h4,7-8,12,14,17-18H,2-3,5-6,9-10H2,1H3. The van der Waals surface area contributed by atoms with Crippen LogP contribution in [0.5, 0.6) is 0 Å². The van der Waals surface area contributed by atoms with E-state index in [9.17, 15) is 5.11 Å². The molecule has 1 aliphatic carbocycles. The largest absolute Gasteiger partial charge is 0.393 e. The van der Waals surface area contributed by atoms with Crippen molar-refractivity contribution in [3.8, 4) is 0 Å². The topological polar surface area (TPSA) is 32.3 Å². The van der Waals surface area contributed by atoms with E-state index in [-0.39, 0.29) is 6.10 Å². The van der Waals surface area contributed by atoms with Crippen LogP contribution in [-0.4, -0.2) is 17.8 Å². The molecule has 0 spiro atoms. The van der Waals surface area contributed by atoms with Gasteiger partial charge in [-0.15, -0.1) is 0 Å². The third-order valence-corrected chi connectivity index (χ3v) is 4.69. The van der Waals surface area contributed by atoms with Crippen molar-refractivity contribution in [2.24, 2.45) is 5.92 Å². The molecule has 2 N–H and O–H groups in total. The van der Waals surface area contributed by atoms with E-state index in [0.717, 1.165) is 44.7 Å². The van der Waals surface area contributed by atoms with Gasteiger partial charge in [0.1, 0.15) is 0 Å². The maximum atomic E-state index is 9.46. The predicted molar refractivity (Wildman–Crippen MR) is 78.6 cm³/mol. The van der Waals surface area contributed by atoms with Gasteiger partial charge in [0.05, 0.1) is 6.10 Å². The van der Waals surface area contributed by atoms with Crippen LogP contribution in [0.3, 0.4) is 0 Å². The molecule has 3 heteroatoms. The summed E-state index contributed by atoms with van der Waals surface area (Å²) in [4.78, 5) is 0. The van der Waals surface area contributed by atoms with Gasteiger partial charge in [-0.05, 0) is 62.3 Å². The quantitative estimate of drug-likeness (QED) is 0.893. The lowest BCUT2D eigenvalue weighted by atomic mass is 9.87. The Labute approximate surface area is 118 Å². The van der Waals surface area contributed by atoms with E-state index in [0.29, 0.717) is 0 Å². The van der Waals surface area contributed by atoms with Crippen molar-refractivity contribution in [3.63, 3.8) is 0 Å². The van der Waals surface area contributed by atoms with E-state index < -0.39 is 0 Å². The molecule has 0 aliphatic heterocycles. The summed E-state index contributed by atoms with van der Waals surface area (Å²) in [5.74, 6) is 0.741. The zero-order chi connectivity index (χ0) is 13.0. The molecule has 0 radical (unpaired) electrons. The van der Waals surface area contributed by atoms with Crippen LogP contribution in [-0.2, 0) is 6.54 Å². The molecule has 2 nitrogen and oxygen atoms in total. The Hall–Kier alpha value is -0.380. The third kappa shape index (κ3) is 4.08. The first-order chi connectivity index (χ1) is 8.65. The van der Waals surface area contributed by atoms with Gasteiger partial charge in [0.25, 0.3) is 0 Å². The highest BCUT2D eigenvalue weighted by Crippen LogP contribution is 2.23. The van der Waals surface area contributed by atoms with E-state index in [1.807, 2.05) is 0 Å². The van der Waals surface area contributed by atoms with E-state index >= 15 is 0 Å². The lowest BCUT2D eigenvalue weighted by Crippen LogP contribution is -2.27. The number of benzene rings is 1. The minimum atomic E-state index is -0.0460. The van der Waals surface area contributed by atoms with Crippen LogP contribution in [0.15, 0.2) is 22.7 Å². The number of halogens is 1. The summed E-state index contributed by atoms with van der Waals surface area (Å²) < 4.78 is 1.17. The van der Waals surface area contributed by atoms with Gasteiger partial charge in [0.2, 0.25) is 0 Å². The average Bonchev–Trinajstić information content (AvgIpc) is 2.36. The normalized spacial score (nSPS) is 24.2. The Morgan fingerprint density at radius 1 is 1.28 bits per heavy atom. The molecule has 1 fully saturated rings. The first-order valence-corrected chi connectivity index (χ1v) is 7.58. The molecule has 1 aromatic rings. The number of aliphatic hydroxyl groups excluding tert-OH is 1. The van der Waals surface area contributed by atoms with Crippen LogP contribution in [0.25, 0.3) is 0 Å². The van der Waals surface area contributed by atoms with Gasteiger partial charge in [-0.25, -0.2) is 0 Å². The highest BCUT2D eigenvalue weighted by atomic mass is 79.9. The number of aryl methyl sites for hydroxylation is 1. The molecule has 0 bridgehead atoms. The van der Waals surface area contributed by atoms with Gasteiger partial charge in [-0.1, -0.05) is 28.1 Å². The molecule has 0 amide bonds. The van der Waals surface area contributed by atoms with Crippen LogP contribution < -0.4 is 5.32 Å². The van der Waals surface area contributed by atoms with Crippen molar-refractivity contribution >= 4 is 15.9 Å². The lowest BCUT2D eigenvalue weighted by molar-refractivity contribution is 0.108. The molecule has 0 atom stereocenters. The van der Waals surface area contributed by atoms with Gasteiger partial charge in [-0.3, -0.25) is 0 Å². The predicted octanol–water partition coefficient (Wildman–Crippen LogP) is 3.40. The summed E-state index contributed by atoms with van der Waals surface area (Å²) >= 11 is 3.52. The molecule has 0 aromatic heterocycles. The van der Waals surface area contributed by atoms with E-state index in [1.54, 1.807) is 0 Å². The molecular formula is C15H22BrNO. The van der Waals surface area contributed by atoms with E-state index in [2.05, 4.69) is 46.4 Å². The number of hydrogen-bond acceptors (Lipinski definition) is 2. The fraction of sp³-hybridized carbons (Fsp3) is 0.600. The zero-order valence-electron chi connectivity index (χ0n) is 11.0. The minimum Gasteiger partial charge on any atom is -0.393 e. The highest BCUT2D eigenvalue weighted by Gasteiger charge is 2.18. The second-order valence-electron chi connectivity index (χ2n) is 5.39. The maximum absolute atomic E-state index is 9.46. The number of nitrogens with one attached hydrogen (secondary N) is 1. The van der Waals surface area contributed by atoms with Gasteiger partial charge in [0, 0.05) is 11.0 Å². The fourth-order valence-electron chi connectivity index (χ4n) is 2.59. The van der Waals surface area contributed by atoms with E-state index in [4.69, 9.17) is 0 Å². The van der Waals surface area contributed by atoms with Crippen molar-refractivity contribution in [1.82, 2.24) is 5.32 Å². The molecule has 1 aliphatic rings. The second kappa shape index (κ2) is 6.69. The molecule has 0 heterocycles. The van der Waals surface area contributed by atoms with Crippen LogP contribution >= 0.6 is 15.9 Å². The zero-order valence-corrected chi connectivity index (χ0v) is 12.5. The minimum absolute atomic E-state index is 0.0460. The Kier molecular flexibility index (Phi) is 5.22. The molecule has 0 unspecified atom stereocenters. The van der Waals surface area contributed by atoms with Gasteiger partial charge < -0.3 is 10.4 Å². The van der Waals surface area contributed by atoms with Gasteiger partial charge in [-0.2, -0.15) is 0 Å². The monoisotopic (exact) mass is 311 g/mol. The van der Waals surface area contributed by atoms with Crippen LogP contribution in [0.2, 0.25) is 0 Å². The van der Waals surface area contributed by atoms with Crippen molar-refractivity contribution in [3.05, 3.63) is 33.8 Å². The summed E-state index contributed by atoms with van der Waals surface area (Å²) in [6.07, 6.45) is 4.23. The van der Waals surface area contributed by atoms with Crippen molar-refractivity contribution in [1.29, 1.82) is 0 Å². The SMILES string of the molecule is Cc1cc(CNCC2CCC(O)CC2)ccc1Br. The highest BCUT2D eigenvalue weighted by molar-refractivity contribution is 9.10. The molecule has 100 valence electrons. The number of aliphatic hydroxyl groups is 1. The first kappa shape index (κ1) is 14.0. The average molecular weight is 312 g/mol. The summed E-state index contributed by atoms with van der Waals surface area (Å²) in [6.45, 7) is 4.13. The maximum Gasteiger partial charge on any atom is 0.0540 e. The molecule has 0 saturated heterocycles. The molecule has 2 rings (SSSR count). The second-order valence-corrected chi connectivity index (χ2v) is 6.24. The first-order valence-electron chi connectivity index (χ1n) is 6.79. The number of hydrogen-bond donors (Lipinski definition) is 2. The van der Waals surface area contributed by atoms with Gasteiger partial charge >= 0.3 is 0 Å².